The van der Waals surface area contributed by atoms with Crippen molar-refractivity contribution in [2.75, 3.05) is 45.9 Å². The molecule has 1 aliphatic rings. The van der Waals surface area contributed by atoms with Crippen molar-refractivity contribution in [2.45, 2.75) is 26.7 Å². The van der Waals surface area contributed by atoms with Gasteiger partial charge in [0.25, 0.3) is 5.91 Å². The Morgan fingerprint density at radius 3 is 2.42 bits per heavy atom. The lowest BCUT2D eigenvalue weighted by molar-refractivity contribution is -0.141. The number of aromatic nitrogens is 2. The molecule has 0 radical (unpaired) electrons. The fourth-order valence-electron chi connectivity index (χ4n) is 3.30. The van der Waals surface area contributed by atoms with Crippen molar-refractivity contribution in [1.82, 2.24) is 19.6 Å². The first-order valence-corrected chi connectivity index (χ1v) is 10.5. The molecule has 2 aromatic rings. The first-order valence-electron chi connectivity index (χ1n) is 10.5. The number of piperazine rings is 1. The number of esters is 1. The molecule has 170 valence electrons. The molecule has 1 fully saturated rings. The number of amides is 1. The first-order chi connectivity index (χ1) is 14.6. The summed E-state index contributed by atoms with van der Waals surface area (Å²) >= 11 is 0. The van der Waals surface area contributed by atoms with Crippen LogP contribution in [0.15, 0.2) is 36.4 Å². The molecule has 31 heavy (non-hydrogen) atoms. The summed E-state index contributed by atoms with van der Waals surface area (Å²) in [5, 5.41) is 4.55. The van der Waals surface area contributed by atoms with Crippen LogP contribution in [0.4, 0.5) is 0 Å². The number of nitrogens with zero attached hydrogens (tertiary/aromatic N) is 4. The van der Waals surface area contributed by atoms with E-state index in [1.54, 1.807) is 10.7 Å². The number of para-hydroxylation sites is 1. The lowest BCUT2D eigenvalue weighted by Crippen LogP contribution is -2.49. The lowest BCUT2D eigenvalue weighted by atomic mass is 10.2. The molecule has 0 spiro atoms. The van der Waals surface area contributed by atoms with Gasteiger partial charge >= 0.3 is 5.97 Å². The van der Waals surface area contributed by atoms with E-state index in [0.717, 1.165) is 31.6 Å². The molecule has 1 aromatic heterocycles. The number of hydrogen-bond acceptors (Lipinski definition) is 6. The number of halogens is 1. The van der Waals surface area contributed by atoms with Crippen LogP contribution in [0.1, 0.15) is 37.2 Å². The van der Waals surface area contributed by atoms with Crippen LogP contribution in [0.3, 0.4) is 0 Å². The normalized spacial score (nSPS) is 14.1. The summed E-state index contributed by atoms with van der Waals surface area (Å²) in [5.41, 5.74) is 1.25. The van der Waals surface area contributed by atoms with E-state index in [2.05, 4.69) is 16.9 Å². The van der Waals surface area contributed by atoms with E-state index in [-0.39, 0.29) is 24.3 Å². The van der Waals surface area contributed by atoms with Crippen molar-refractivity contribution in [3.05, 3.63) is 42.1 Å². The molecule has 8 nitrogen and oxygen atoms in total. The summed E-state index contributed by atoms with van der Waals surface area (Å²) < 4.78 is 12.6. The number of carbonyl (C=O) groups excluding carboxylic acids is 2. The smallest absolute Gasteiger partial charge is 0.302 e. The highest BCUT2D eigenvalue weighted by Crippen LogP contribution is 2.21. The Kier molecular flexibility index (Phi) is 9.81. The van der Waals surface area contributed by atoms with E-state index in [9.17, 15) is 9.59 Å². The van der Waals surface area contributed by atoms with E-state index < -0.39 is 0 Å². The Bertz CT molecular complexity index is 835. The van der Waals surface area contributed by atoms with E-state index in [0.29, 0.717) is 44.4 Å². The van der Waals surface area contributed by atoms with Crippen molar-refractivity contribution in [3.8, 4) is 11.6 Å². The van der Waals surface area contributed by atoms with Crippen molar-refractivity contribution in [3.63, 3.8) is 0 Å². The molecule has 1 aromatic carbocycles. The summed E-state index contributed by atoms with van der Waals surface area (Å²) in [6.45, 7) is 7.88. The molecule has 0 unspecified atom stereocenters. The molecule has 2 heterocycles. The Hall–Kier alpha value is -2.58. The standard InChI is InChI=1S/C22H30N4O4.ClH/c1-3-4-15-30-21-17-20(23-26(21)19-8-6-5-7-9-19)22(28)25-12-10-24(11-13-25)14-16-29-18(2)27;/h5-9,17H,3-4,10-16H2,1-2H3;1H. The molecule has 9 heteroatoms. The summed E-state index contributed by atoms with van der Waals surface area (Å²) in [7, 11) is 0. The Balaban J connectivity index is 0.00000341. The molecule has 1 aliphatic heterocycles. The Morgan fingerprint density at radius 2 is 1.77 bits per heavy atom. The highest BCUT2D eigenvalue weighted by molar-refractivity contribution is 5.92. The number of hydrogen-bond donors (Lipinski definition) is 0. The van der Waals surface area contributed by atoms with Crippen molar-refractivity contribution in [2.24, 2.45) is 0 Å². The van der Waals surface area contributed by atoms with Crippen LogP contribution >= 0.6 is 12.4 Å². The third-order valence-corrected chi connectivity index (χ3v) is 5.02. The third-order valence-electron chi connectivity index (χ3n) is 5.02. The molecule has 1 amide bonds. The molecular formula is C22H31ClN4O4. The van der Waals surface area contributed by atoms with E-state index in [4.69, 9.17) is 9.47 Å². The molecule has 0 bridgehead atoms. The second-order valence-corrected chi connectivity index (χ2v) is 7.29. The average Bonchev–Trinajstić information content (AvgIpc) is 3.18. The summed E-state index contributed by atoms with van der Waals surface area (Å²) in [5.74, 6) is 0.220. The zero-order valence-electron chi connectivity index (χ0n) is 18.2. The summed E-state index contributed by atoms with van der Waals surface area (Å²) in [6, 6.07) is 11.4. The molecule has 0 aliphatic carbocycles. The highest BCUT2D eigenvalue weighted by Gasteiger charge is 2.25. The second-order valence-electron chi connectivity index (χ2n) is 7.29. The number of benzene rings is 1. The minimum atomic E-state index is -0.269. The van der Waals surface area contributed by atoms with Crippen molar-refractivity contribution < 1.29 is 19.1 Å². The van der Waals surface area contributed by atoms with Gasteiger partial charge in [0, 0.05) is 45.7 Å². The monoisotopic (exact) mass is 450 g/mol. The van der Waals surface area contributed by atoms with Crippen LogP contribution < -0.4 is 4.74 Å². The van der Waals surface area contributed by atoms with Crippen LogP contribution in [0.2, 0.25) is 0 Å². The topological polar surface area (TPSA) is 76.9 Å². The van der Waals surface area contributed by atoms with Crippen LogP contribution in [0.5, 0.6) is 5.88 Å². The van der Waals surface area contributed by atoms with Gasteiger partial charge in [-0.05, 0) is 18.6 Å². The van der Waals surface area contributed by atoms with Crippen molar-refractivity contribution >= 4 is 24.3 Å². The number of rotatable bonds is 9. The molecule has 0 atom stereocenters. The molecule has 1 saturated heterocycles. The van der Waals surface area contributed by atoms with Gasteiger partial charge in [-0.1, -0.05) is 31.5 Å². The Morgan fingerprint density at radius 1 is 1.06 bits per heavy atom. The lowest BCUT2D eigenvalue weighted by Gasteiger charge is -2.34. The number of carbonyl (C=O) groups is 2. The maximum absolute atomic E-state index is 13.0. The highest BCUT2D eigenvalue weighted by atomic mass is 35.5. The van der Waals surface area contributed by atoms with Gasteiger partial charge in [-0.15, -0.1) is 12.4 Å². The van der Waals surface area contributed by atoms with Gasteiger partial charge < -0.3 is 14.4 Å². The Labute approximate surface area is 189 Å². The second kappa shape index (κ2) is 12.3. The molecule has 0 saturated carbocycles. The number of unbranched alkanes of at least 4 members (excludes halogenated alkanes) is 1. The molecular weight excluding hydrogens is 420 g/mol. The summed E-state index contributed by atoms with van der Waals surface area (Å²) in [6.07, 6.45) is 1.98. The SMILES string of the molecule is CCCCOc1cc(C(=O)N2CCN(CCOC(C)=O)CC2)nn1-c1ccccc1.Cl. The van der Waals surface area contributed by atoms with Crippen LogP contribution in [-0.4, -0.2) is 77.4 Å². The fraction of sp³-hybridized carbons (Fsp3) is 0.500. The van der Waals surface area contributed by atoms with Crippen LogP contribution in [0, 0.1) is 0 Å². The van der Waals surface area contributed by atoms with Crippen LogP contribution in [0.25, 0.3) is 5.69 Å². The van der Waals surface area contributed by atoms with Gasteiger partial charge in [-0.3, -0.25) is 14.5 Å². The largest absolute Gasteiger partial charge is 0.478 e. The van der Waals surface area contributed by atoms with Gasteiger partial charge in [0.05, 0.1) is 12.3 Å². The van der Waals surface area contributed by atoms with Gasteiger partial charge in [0.1, 0.15) is 6.61 Å². The van der Waals surface area contributed by atoms with Gasteiger partial charge in [-0.25, -0.2) is 4.68 Å². The van der Waals surface area contributed by atoms with Crippen LogP contribution in [-0.2, 0) is 9.53 Å². The fourth-order valence-corrected chi connectivity index (χ4v) is 3.30. The van der Waals surface area contributed by atoms with Crippen molar-refractivity contribution in [1.29, 1.82) is 0 Å². The average molecular weight is 451 g/mol. The molecule has 0 N–H and O–H groups in total. The van der Waals surface area contributed by atoms with Gasteiger partial charge in [-0.2, -0.15) is 5.10 Å². The van der Waals surface area contributed by atoms with Gasteiger partial charge in [0.15, 0.2) is 5.69 Å². The zero-order chi connectivity index (χ0) is 21.3. The predicted molar refractivity (Wildman–Crippen MR) is 120 cm³/mol. The maximum Gasteiger partial charge on any atom is 0.302 e. The van der Waals surface area contributed by atoms with Gasteiger partial charge in [0.2, 0.25) is 5.88 Å². The zero-order valence-corrected chi connectivity index (χ0v) is 19.0. The molecule has 3 rings (SSSR count). The third kappa shape index (κ3) is 6.97. The quantitative estimate of drug-likeness (QED) is 0.432. The summed E-state index contributed by atoms with van der Waals surface area (Å²) in [4.78, 5) is 27.9. The number of ether oxygens (including phenoxy) is 2. The van der Waals surface area contributed by atoms with E-state index >= 15 is 0 Å². The van der Waals surface area contributed by atoms with E-state index in [1.165, 1.54) is 6.92 Å². The maximum atomic E-state index is 13.0. The first kappa shape index (κ1) is 24.7. The predicted octanol–water partition coefficient (Wildman–Crippen LogP) is 2.79. The minimum Gasteiger partial charge on any atom is -0.478 e. The van der Waals surface area contributed by atoms with E-state index in [1.807, 2.05) is 35.2 Å². The minimum absolute atomic E-state index is 0.